The average Bonchev–Trinajstić information content (AvgIpc) is 2.26. The van der Waals surface area contributed by atoms with E-state index in [4.69, 9.17) is 5.73 Å². The maximum atomic E-state index is 12.9. The minimum absolute atomic E-state index is 0.0515. The summed E-state index contributed by atoms with van der Waals surface area (Å²) in [5.41, 5.74) is 3.11. The molecule has 4 nitrogen and oxygen atoms in total. The van der Waals surface area contributed by atoms with Crippen LogP contribution in [0.1, 0.15) is 19.4 Å². The van der Waals surface area contributed by atoms with Crippen LogP contribution >= 0.6 is 15.9 Å². The molecule has 0 fully saturated rings. The first-order valence-corrected chi connectivity index (χ1v) is 7.77. The standard InChI is InChI=1S/C11H14BrF3N2O2S/c1-10(2,6-16)17-20(18,19)9-4-3-7(12)5-8(9)11(13,14)15/h3-5,17H,6,16H2,1-2H3. The first-order valence-electron chi connectivity index (χ1n) is 5.50. The quantitative estimate of drug-likeness (QED) is 0.850. The largest absolute Gasteiger partial charge is 0.417 e. The van der Waals surface area contributed by atoms with E-state index >= 15 is 0 Å². The SMILES string of the molecule is CC(C)(CN)NS(=O)(=O)c1ccc(Br)cc1C(F)(F)F. The Morgan fingerprint density at radius 3 is 2.30 bits per heavy atom. The third-order valence-electron chi connectivity index (χ3n) is 2.46. The molecule has 0 radical (unpaired) electrons. The van der Waals surface area contributed by atoms with E-state index in [0.717, 1.165) is 12.1 Å². The normalized spacial score (nSPS) is 13.6. The van der Waals surface area contributed by atoms with Gasteiger partial charge in [-0.25, -0.2) is 13.1 Å². The smallest absolute Gasteiger partial charge is 0.329 e. The van der Waals surface area contributed by atoms with Gasteiger partial charge in [0.15, 0.2) is 0 Å². The molecule has 9 heteroatoms. The highest BCUT2D eigenvalue weighted by Crippen LogP contribution is 2.36. The van der Waals surface area contributed by atoms with Crippen LogP contribution in [0, 0.1) is 0 Å². The molecule has 114 valence electrons. The van der Waals surface area contributed by atoms with Crippen LogP contribution in [0.15, 0.2) is 27.6 Å². The highest BCUT2D eigenvalue weighted by Gasteiger charge is 2.38. The Hall–Kier alpha value is -0.640. The number of halogens is 4. The van der Waals surface area contributed by atoms with Crippen LogP contribution in [0.2, 0.25) is 0 Å². The van der Waals surface area contributed by atoms with Gasteiger partial charge in [0.05, 0.1) is 10.5 Å². The minimum atomic E-state index is -4.78. The summed E-state index contributed by atoms with van der Waals surface area (Å²) in [6.45, 7) is 2.91. The third kappa shape index (κ3) is 4.18. The molecule has 0 aliphatic rings. The first kappa shape index (κ1) is 17.4. The van der Waals surface area contributed by atoms with Crippen molar-refractivity contribution in [1.29, 1.82) is 0 Å². The molecule has 0 saturated carbocycles. The predicted molar refractivity (Wildman–Crippen MR) is 72.6 cm³/mol. The number of hydrogen-bond acceptors (Lipinski definition) is 3. The number of benzene rings is 1. The highest BCUT2D eigenvalue weighted by molar-refractivity contribution is 9.10. The van der Waals surface area contributed by atoms with Gasteiger partial charge in [-0.3, -0.25) is 0 Å². The van der Waals surface area contributed by atoms with Gasteiger partial charge in [0.25, 0.3) is 0 Å². The molecule has 1 aromatic rings. The Labute approximate surface area is 123 Å². The van der Waals surface area contributed by atoms with Gasteiger partial charge in [0, 0.05) is 16.6 Å². The van der Waals surface area contributed by atoms with Crippen LogP contribution in [0.4, 0.5) is 13.2 Å². The molecule has 3 N–H and O–H groups in total. The second kappa shape index (κ2) is 5.63. The molecule has 0 atom stereocenters. The lowest BCUT2D eigenvalue weighted by Crippen LogP contribution is -2.49. The summed E-state index contributed by atoms with van der Waals surface area (Å²) in [5.74, 6) is 0. The molecular weight excluding hydrogens is 361 g/mol. The Morgan fingerprint density at radius 1 is 1.30 bits per heavy atom. The monoisotopic (exact) mass is 374 g/mol. The van der Waals surface area contributed by atoms with Crippen molar-refractivity contribution in [2.24, 2.45) is 5.73 Å². The lowest BCUT2D eigenvalue weighted by Gasteiger charge is -2.25. The molecule has 0 bridgehead atoms. The zero-order valence-electron chi connectivity index (χ0n) is 10.8. The molecule has 20 heavy (non-hydrogen) atoms. The van der Waals surface area contributed by atoms with E-state index < -0.39 is 32.2 Å². The van der Waals surface area contributed by atoms with Gasteiger partial charge < -0.3 is 5.73 Å². The molecular formula is C11H14BrF3N2O2S. The van der Waals surface area contributed by atoms with Crippen molar-refractivity contribution >= 4 is 26.0 Å². The summed E-state index contributed by atoms with van der Waals surface area (Å²) in [7, 11) is -4.33. The Kier molecular flexibility index (Phi) is 4.90. The highest BCUT2D eigenvalue weighted by atomic mass is 79.9. The first-order chi connectivity index (χ1) is 8.89. The number of alkyl halides is 3. The Morgan fingerprint density at radius 2 is 1.85 bits per heavy atom. The molecule has 0 amide bonds. The number of hydrogen-bond donors (Lipinski definition) is 2. The van der Waals surface area contributed by atoms with Crippen LogP contribution < -0.4 is 10.5 Å². The molecule has 0 aromatic heterocycles. The fraction of sp³-hybridized carbons (Fsp3) is 0.455. The van der Waals surface area contributed by atoms with Crippen molar-refractivity contribution in [3.05, 3.63) is 28.2 Å². The topological polar surface area (TPSA) is 72.2 Å². The van der Waals surface area contributed by atoms with Gasteiger partial charge in [-0.05, 0) is 32.0 Å². The second-order valence-corrected chi connectivity index (χ2v) is 7.40. The fourth-order valence-corrected chi connectivity index (χ4v) is 3.41. The number of nitrogens with two attached hydrogens (primary N) is 1. The van der Waals surface area contributed by atoms with Crippen molar-refractivity contribution in [2.45, 2.75) is 30.5 Å². The van der Waals surface area contributed by atoms with Gasteiger partial charge in [-0.1, -0.05) is 15.9 Å². The second-order valence-electron chi connectivity index (χ2n) is 4.83. The molecule has 0 saturated heterocycles. The summed E-state index contributed by atoms with van der Waals surface area (Å²) < 4.78 is 65.3. The van der Waals surface area contributed by atoms with Gasteiger partial charge >= 0.3 is 6.18 Å². The molecule has 0 spiro atoms. The van der Waals surface area contributed by atoms with E-state index in [0.29, 0.717) is 0 Å². The number of sulfonamides is 1. The van der Waals surface area contributed by atoms with Crippen LogP contribution in [-0.2, 0) is 16.2 Å². The number of rotatable bonds is 4. The van der Waals surface area contributed by atoms with Crippen LogP contribution in [0.25, 0.3) is 0 Å². The van der Waals surface area contributed by atoms with E-state index in [9.17, 15) is 21.6 Å². The van der Waals surface area contributed by atoms with Crippen molar-refractivity contribution in [3.8, 4) is 0 Å². The zero-order chi connectivity index (χ0) is 15.8. The van der Waals surface area contributed by atoms with Crippen molar-refractivity contribution in [1.82, 2.24) is 4.72 Å². The molecule has 1 rings (SSSR count). The average molecular weight is 375 g/mol. The molecule has 1 aromatic carbocycles. The van der Waals surface area contributed by atoms with Crippen LogP contribution in [-0.4, -0.2) is 20.5 Å². The maximum absolute atomic E-state index is 12.9. The van der Waals surface area contributed by atoms with Crippen molar-refractivity contribution in [3.63, 3.8) is 0 Å². The Balaban J connectivity index is 3.40. The van der Waals surface area contributed by atoms with Gasteiger partial charge in [-0.15, -0.1) is 0 Å². The molecule has 0 aliphatic carbocycles. The summed E-state index contributed by atoms with van der Waals surface area (Å²) in [4.78, 5) is -0.824. The van der Waals surface area contributed by atoms with E-state index in [-0.39, 0.29) is 11.0 Å². The van der Waals surface area contributed by atoms with Crippen molar-refractivity contribution in [2.75, 3.05) is 6.54 Å². The summed E-state index contributed by atoms with van der Waals surface area (Å²) in [6, 6.07) is 2.87. The van der Waals surface area contributed by atoms with Gasteiger partial charge in [-0.2, -0.15) is 13.2 Å². The molecule has 0 heterocycles. The lowest BCUT2D eigenvalue weighted by atomic mass is 10.1. The Bertz CT molecular complexity index is 600. The number of nitrogens with one attached hydrogen (secondary N) is 1. The summed E-state index contributed by atoms with van der Waals surface area (Å²) >= 11 is 2.90. The predicted octanol–water partition coefficient (Wildman–Crippen LogP) is 2.48. The van der Waals surface area contributed by atoms with E-state index in [2.05, 4.69) is 20.7 Å². The van der Waals surface area contributed by atoms with Crippen LogP contribution in [0.3, 0.4) is 0 Å². The van der Waals surface area contributed by atoms with Crippen molar-refractivity contribution < 1.29 is 21.6 Å². The van der Waals surface area contributed by atoms with Gasteiger partial charge in [0.1, 0.15) is 0 Å². The van der Waals surface area contributed by atoms with Gasteiger partial charge in [0.2, 0.25) is 10.0 Å². The maximum Gasteiger partial charge on any atom is 0.417 e. The lowest BCUT2D eigenvalue weighted by molar-refractivity contribution is -0.139. The molecule has 0 aliphatic heterocycles. The fourth-order valence-electron chi connectivity index (χ4n) is 1.42. The van der Waals surface area contributed by atoms with E-state index in [1.165, 1.54) is 19.9 Å². The summed E-state index contributed by atoms with van der Waals surface area (Å²) in [5, 5.41) is 0. The van der Waals surface area contributed by atoms with E-state index in [1.807, 2.05) is 0 Å². The third-order valence-corrected chi connectivity index (χ3v) is 4.71. The summed E-state index contributed by atoms with van der Waals surface area (Å²) in [6.07, 6.45) is -4.78. The van der Waals surface area contributed by atoms with Crippen LogP contribution in [0.5, 0.6) is 0 Å². The minimum Gasteiger partial charge on any atom is -0.329 e. The van der Waals surface area contributed by atoms with E-state index in [1.54, 1.807) is 0 Å². The zero-order valence-corrected chi connectivity index (χ0v) is 13.2. The molecule has 0 unspecified atom stereocenters.